The van der Waals surface area contributed by atoms with E-state index in [1.165, 1.54) is 5.56 Å². The molecule has 2 atom stereocenters. The van der Waals surface area contributed by atoms with Crippen LogP contribution in [0.4, 0.5) is 0 Å². The monoisotopic (exact) mass is 415 g/mol. The summed E-state index contributed by atoms with van der Waals surface area (Å²) in [5, 5.41) is 2.97. The van der Waals surface area contributed by atoms with Crippen molar-refractivity contribution >= 4 is 42.1 Å². The summed E-state index contributed by atoms with van der Waals surface area (Å²) < 4.78 is 0. The number of aryl methyl sites for hydroxylation is 1. The third-order valence-corrected chi connectivity index (χ3v) is 5.60. The molecule has 1 aliphatic rings. The van der Waals surface area contributed by atoms with Crippen LogP contribution in [0.3, 0.4) is 0 Å². The molecule has 0 bridgehead atoms. The third kappa shape index (κ3) is 5.43. The molecule has 1 aromatic heterocycles. The van der Waals surface area contributed by atoms with Gasteiger partial charge in [-0.1, -0.05) is 29.8 Å². The van der Waals surface area contributed by atoms with Gasteiger partial charge in [0.15, 0.2) is 0 Å². The van der Waals surface area contributed by atoms with E-state index in [4.69, 9.17) is 5.73 Å². The van der Waals surface area contributed by atoms with Gasteiger partial charge in [0, 0.05) is 29.6 Å². The van der Waals surface area contributed by atoms with Crippen molar-refractivity contribution in [3.05, 3.63) is 40.9 Å². The van der Waals surface area contributed by atoms with Crippen molar-refractivity contribution in [3.8, 4) is 10.6 Å². The lowest BCUT2D eigenvalue weighted by Crippen LogP contribution is -2.52. The summed E-state index contributed by atoms with van der Waals surface area (Å²) in [5.41, 5.74) is 9.27. The molecule has 2 aromatic rings. The zero-order valence-corrected chi connectivity index (χ0v) is 17.6. The number of rotatable bonds is 4. The van der Waals surface area contributed by atoms with Crippen LogP contribution in [0.25, 0.3) is 10.6 Å². The molecule has 144 valence electrons. The van der Waals surface area contributed by atoms with Crippen molar-refractivity contribution in [2.75, 3.05) is 6.54 Å². The molecule has 0 spiro atoms. The van der Waals surface area contributed by atoms with Crippen molar-refractivity contribution in [1.82, 2.24) is 9.88 Å². The number of benzene rings is 1. The molecule has 2 N–H and O–H groups in total. The summed E-state index contributed by atoms with van der Waals surface area (Å²) in [6.45, 7) is 4.89. The van der Waals surface area contributed by atoms with Gasteiger partial charge in [-0.25, -0.2) is 4.98 Å². The summed E-state index contributed by atoms with van der Waals surface area (Å²) in [4.78, 5) is 19.3. The molecule has 1 saturated heterocycles. The van der Waals surface area contributed by atoms with Crippen LogP contribution in [-0.4, -0.2) is 34.4 Å². The lowest BCUT2D eigenvalue weighted by Gasteiger charge is -2.38. The Balaban J connectivity index is 0.00000169. The number of halogens is 2. The highest BCUT2D eigenvalue weighted by molar-refractivity contribution is 7.13. The van der Waals surface area contributed by atoms with Crippen LogP contribution in [-0.2, 0) is 11.2 Å². The van der Waals surface area contributed by atoms with Gasteiger partial charge in [-0.05, 0) is 33.1 Å². The van der Waals surface area contributed by atoms with Gasteiger partial charge < -0.3 is 10.6 Å². The molecule has 0 saturated carbocycles. The zero-order chi connectivity index (χ0) is 17.1. The predicted molar refractivity (Wildman–Crippen MR) is 113 cm³/mol. The molecule has 0 aliphatic carbocycles. The van der Waals surface area contributed by atoms with Crippen molar-refractivity contribution in [2.45, 2.75) is 51.6 Å². The fourth-order valence-electron chi connectivity index (χ4n) is 3.29. The molecule has 26 heavy (non-hydrogen) atoms. The molecule has 1 fully saturated rings. The minimum absolute atomic E-state index is 0. The van der Waals surface area contributed by atoms with Gasteiger partial charge in [0.05, 0.1) is 12.1 Å². The van der Waals surface area contributed by atoms with E-state index in [1.807, 2.05) is 17.2 Å². The molecule has 3 rings (SSSR count). The Hall–Kier alpha value is -1.14. The second-order valence-corrected chi connectivity index (χ2v) is 7.55. The first-order chi connectivity index (χ1) is 11.5. The molecule has 1 amide bonds. The van der Waals surface area contributed by atoms with E-state index in [2.05, 4.69) is 36.2 Å². The summed E-state index contributed by atoms with van der Waals surface area (Å²) in [5.74, 6) is 0.151. The Morgan fingerprint density at radius 3 is 2.65 bits per heavy atom. The number of carbonyl (C=O) groups is 1. The van der Waals surface area contributed by atoms with Gasteiger partial charge in [-0.15, -0.1) is 36.2 Å². The van der Waals surface area contributed by atoms with Gasteiger partial charge in [0.2, 0.25) is 5.91 Å². The maximum atomic E-state index is 12.7. The number of aromatic nitrogens is 1. The number of nitrogens with two attached hydrogens (primary N) is 1. The van der Waals surface area contributed by atoms with Crippen LogP contribution in [0.1, 0.15) is 37.4 Å². The van der Waals surface area contributed by atoms with Crippen LogP contribution in [0.2, 0.25) is 0 Å². The first-order valence-electron chi connectivity index (χ1n) is 8.61. The summed E-state index contributed by atoms with van der Waals surface area (Å²) in [6.07, 6.45) is 3.60. The van der Waals surface area contributed by atoms with Crippen molar-refractivity contribution in [1.29, 1.82) is 0 Å². The maximum Gasteiger partial charge on any atom is 0.228 e. The summed E-state index contributed by atoms with van der Waals surface area (Å²) >= 11 is 1.60. The van der Waals surface area contributed by atoms with E-state index in [-0.39, 0.29) is 42.8 Å². The Bertz CT molecular complexity index is 703. The van der Waals surface area contributed by atoms with Gasteiger partial charge >= 0.3 is 0 Å². The number of hydrogen-bond donors (Lipinski definition) is 1. The van der Waals surface area contributed by atoms with E-state index < -0.39 is 0 Å². The van der Waals surface area contributed by atoms with Gasteiger partial charge in [0.1, 0.15) is 5.01 Å². The highest BCUT2D eigenvalue weighted by Gasteiger charge is 2.29. The standard InChI is InChI=1S/C19H25N3OS.2ClH/c1-13-6-8-15(9-7-13)19-21-16(12-24-19)11-18(23)22-10-4-3-5-17(22)14(2)20;;/h6-9,12,14,17H,3-5,10-11,20H2,1-2H3;2*1H. The SMILES string of the molecule is Cc1ccc(-c2nc(CC(=O)N3CCCCC3C(C)N)cs2)cc1.Cl.Cl. The van der Waals surface area contributed by atoms with Crippen molar-refractivity contribution in [2.24, 2.45) is 5.73 Å². The first-order valence-corrected chi connectivity index (χ1v) is 9.49. The van der Waals surface area contributed by atoms with Crippen LogP contribution in [0.5, 0.6) is 0 Å². The molecule has 2 unspecified atom stereocenters. The van der Waals surface area contributed by atoms with Crippen LogP contribution in [0.15, 0.2) is 29.6 Å². The lowest BCUT2D eigenvalue weighted by atomic mass is 9.96. The Labute approximate surface area is 172 Å². The van der Waals surface area contributed by atoms with Crippen LogP contribution >= 0.6 is 36.2 Å². The van der Waals surface area contributed by atoms with Gasteiger partial charge in [0.25, 0.3) is 0 Å². The number of nitrogens with zero attached hydrogens (tertiary/aromatic N) is 2. The first kappa shape index (κ1) is 22.9. The number of amides is 1. The largest absolute Gasteiger partial charge is 0.338 e. The molecule has 7 heteroatoms. The molecular weight excluding hydrogens is 389 g/mol. The zero-order valence-electron chi connectivity index (χ0n) is 15.2. The van der Waals surface area contributed by atoms with Gasteiger partial charge in [-0.3, -0.25) is 4.79 Å². The lowest BCUT2D eigenvalue weighted by molar-refractivity contribution is -0.134. The average Bonchev–Trinajstić information content (AvgIpc) is 3.04. The maximum absolute atomic E-state index is 12.7. The van der Waals surface area contributed by atoms with Crippen molar-refractivity contribution < 1.29 is 4.79 Å². The normalized spacial score (nSPS) is 17.8. The average molecular weight is 416 g/mol. The number of carbonyl (C=O) groups excluding carboxylic acids is 1. The second-order valence-electron chi connectivity index (χ2n) is 6.70. The highest BCUT2D eigenvalue weighted by atomic mass is 35.5. The van der Waals surface area contributed by atoms with Crippen molar-refractivity contribution in [3.63, 3.8) is 0 Å². The predicted octanol–water partition coefficient (Wildman–Crippen LogP) is 4.23. The number of hydrogen-bond acceptors (Lipinski definition) is 4. The highest BCUT2D eigenvalue weighted by Crippen LogP contribution is 2.25. The Kier molecular flexibility index (Phi) is 9.04. The second kappa shape index (κ2) is 10.3. The smallest absolute Gasteiger partial charge is 0.228 e. The van der Waals surface area contributed by atoms with Crippen LogP contribution < -0.4 is 5.73 Å². The molecular formula is C19H27Cl2N3OS. The summed E-state index contributed by atoms with van der Waals surface area (Å²) in [6, 6.07) is 8.52. The Morgan fingerprint density at radius 2 is 2.00 bits per heavy atom. The van der Waals surface area contributed by atoms with Gasteiger partial charge in [-0.2, -0.15) is 0 Å². The fourth-order valence-corrected chi connectivity index (χ4v) is 4.11. The number of piperidine rings is 1. The number of likely N-dealkylation sites (tertiary alicyclic amines) is 1. The van der Waals surface area contributed by atoms with E-state index in [0.29, 0.717) is 6.42 Å². The minimum atomic E-state index is 0. The van der Waals surface area contributed by atoms with Crippen LogP contribution in [0, 0.1) is 6.92 Å². The minimum Gasteiger partial charge on any atom is -0.338 e. The third-order valence-electron chi connectivity index (χ3n) is 4.66. The van der Waals surface area contributed by atoms with E-state index in [1.54, 1.807) is 11.3 Å². The molecule has 0 radical (unpaired) electrons. The fraction of sp³-hybridized carbons (Fsp3) is 0.474. The molecule has 1 aromatic carbocycles. The topological polar surface area (TPSA) is 59.2 Å². The number of thiazole rings is 1. The quantitative estimate of drug-likeness (QED) is 0.812. The Morgan fingerprint density at radius 1 is 1.31 bits per heavy atom. The summed E-state index contributed by atoms with van der Waals surface area (Å²) in [7, 11) is 0. The van der Waals surface area contributed by atoms with E-state index >= 15 is 0 Å². The molecule has 4 nitrogen and oxygen atoms in total. The van der Waals surface area contributed by atoms with E-state index in [9.17, 15) is 4.79 Å². The van der Waals surface area contributed by atoms with E-state index in [0.717, 1.165) is 42.1 Å². The molecule has 1 aliphatic heterocycles. The molecule has 2 heterocycles.